The van der Waals surface area contributed by atoms with Gasteiger partial charge in [0, 0.05) is 25.2 Å². The van der Waals surface area contributed by atoms with E-state index in [1.54, 1.807) is 0 Å². The Morgan fingerprint density at radius 3 is 2.48 bits per heavy atom. The summed E-state index contributed by atoms with van der Waals surface area (Å²) in [6.45, 7) is 9.30. The van der Waals surface area contributed by atoms with Gasteiger partial charge in [0.2, 0.25) is 0 Å². The molecule has 0 saturated carbocycles. The highest BCUT2D eigenvalue weighted by atomic mass is 35.5. The van der Waals surface area contributed by atoms with E-state index in [0.717, 1.165) is 30.3 Å². The van der Waals surface area contributed by atoms with E-state index >= 15 is 0 Å². The number of fused-ring (bicyclic) bond motifs is 2. The normalized spacial score (nSPS) is 25.4. The van der Waals surface area contributed by atoms with Crippen molar-refractivity contribution in [2.24, 2.45) is 0 Å². The molecular weight excluding hydrogens is 284 g/mol. The number of rotatable bonds is 3. The quantitative estimate of drug-likeness (QED) is 0.923. The zero-order valence-electron chi connectivity index (χ0n) is 13.2. The second-order valence-corrected chi connectivity index (χ2v) is 7.66. The maximum atomic E-state index is 6.52. The topological polar surface area (TPSA) is 24.5 Å². The predicted molar refractivity (Wildman–Crippen MR) is 88.2 cm³/mol. The van der Waals surface area contributed by atoms with Gasteiger partial charge in [0.15, 0.2) is 0 Å². The van der Waals surface area contributed by atoms with E-state index in [1.807, 2.05) is 0 Å². The number of ether oxygens (including phenoxy) is 1. The van der Waals surface area contributed by atoms with E-state index in [2.05, 4.69) is 49.2 Å². The molecule has 2 bridgehead atoms. The second kappa shape index (κ2) is 5.79. The van der Waals surface area contributed by atoms with Gasteiger partial charge in [-0.1, -0.05) is 17.7 Å². The monoisotopic (exact) mass is 308 g/mol. The maximum absolute atomic E-state index is 6.52. The summed E-state index contributed by atoms with van der Waals surface area (Å²) in [5, 5.41) is 4.35. The van der Waals surface area contributed by atoms with Crippen LogP contribution in [0.2, 0.25) is 5.02 Å². The zero-order chi connectivity index (χ0) is 15.0. The van der Waals surface area contributed by atoms with Crippen molar-refractivity contribution in [3.8, 4) is 0 Å². The van der Waals surface area contributed by atoms with Crippen LogP contribution in [0.25, 0.3) is 0 Å². The van der Waals surface area contributed by atoms with Crippen molar-refractivity contribution in [1.29, 1.82) is 0 Å². The van der Waals surface area contributed by atoms with Crippen LogP contribution in [0, 0.1) is 0 Å². The Labute approximate surface area is 132 Å². The van der Waals surface area contributed by atoms with Crippen LogP contribution >= 0.6 is 11.6 Å². The minimum Gasteiger partial charge on any atom is -0.371 e. The van der Waals surface area contributed by atoms with E-state index in [4.69, 9.17) is 16.3 Å². The summed E-state index contributed by atoms with van der Waals surface area (Å²) >= 11 is 6.52. The van der Waals surface area contributed by atoms with Gasteiger partial charge in [0.25, 0.3) is 0 Å². The van der Waals surface area contributed by atoms with Gasteiger partial charge in [-0.15, -0.1) is 0 Å². The number of hydrogen-bond acceptors (Lipinski definition) is 3. The summed E-state index contributed by atoms with van der Waals surface area (Å²) in [6, 6.07) is 6.43. The van der Waals surface area contributed by atoms with Crippen LogP contribution in [0.3, 0.4) is 0 Å². The van der Waals surface area contributed by atoms with E-state index in [-0.39, 0.29) is 5.54 Å². The Balaban J connectivity index is 1.69. The van der Waals surface area contributed by atoms with Crippen LogP contribution in [-0.4, -0.2) is 30.8 Å². The second-order valence-electron chi connectivity index (χ2n) is 7.25. The van der Waals surface area contributed by atoms with Crippen LogP contribution in [0.15, 0.2) is 18.2 Å². The maximum Gasteiger partial charge on any atom is 0.0755 e. The molecule has 2 unspecified atom stereocenters. The Bertz CT molecular complexity index is 500. The molecular formula is C17H25ClN2O. The molecule has 2 fully saturated rings. The lowest BCUT2D eigenvalue weighted by Crippen LogP contribution is -2.42. The van der Waals surface area contributed by atoms with Crippen molar-refractivity contribution in [3.63, 3.8) is 0 Å². The van der Waals surface area contributed by atoms with Crippen molar-refractivity contribution in [2.45, 2.75) is 57.9 Å². The fraction of sp³-hybridized carbons (Fsp3) is 0.647. The molecule has 3 rings (SSSR count). The van der Waals surface area contributed by atoms with Crippen LogP contribution in [0.1, 0.15) is 39.2 Å². The highest BCUT2D eigenvalue weighted by Crippen LogP contribution is 2.33. The highest BCUT2D eigenvalue weighted by Gasteiger charge is 2.34. The van der Waals surface area contributed by atoms with E-state index < -0.39 is 0 Å². The number of halogens is 1. The molecule has 1 N–H and O–H groups in total. The van der Waals surface area contributed by atoms with Gasteiger partial charge in [-0.3, -0.25) is 0 Å². The third-order valence-electron chi connectivity index (χ3n) is 4.22. The van der Waals surface area contributed by atoms with Gasteiger partial charge in [-0.25, -0.2) is 0 Å². The molecule has 3 nitrogen and oxygen atoms in total. The van der Waals surface area contributed by atoms with Crippen molar-refractivity contribution in [1.82, 2.24) is 5.32 Å². The van der Waals surface area contributed by atoms with Crippen LogP contribution in [-0.2, 0) is 11.3 Å². The summed E-state index contributed by atoms with van der Waals surface area (Å²) in [7, 11) is 0. The molecule has 116 valence electrons. The average Bonchev–Trinajstić information content (AvgIpc) is 2.74. The standard InChI is InChI=1S/C17H25ClN2O/c1-17(2,3)19-9-12-4-7-16(15(18)8-12)20-10-13-5-6-14(11-20)21-13/h4,7-8,13-14,19H,5-6,9-11H2,1-3H3. The first-order valence-corrected chi connectivity index (χ1v) is 8.22. The molecule has 2 heterocycles. The van der Waals surface area contributed by atoms with Gasteiger partial charge in [0.1, 0.15) is 0 Å². The lowest BCUT2D eigenvalue weighted by Gasteiger charge is -2.34. The molecule has 0 amide bonds. The number of morpholine rings is 1. The number of nitrogens with one attached hydrogen (secondary N) is 1. The fourth-order valence-corrected chi connectivity index (χ4v) is 3.42. The molecule has 0 radical (unpaired) electrons. The molecule has 0 spiro atoms. The largest absolute Gasteiger partial charge is 0.371 e. The van der Waals surface area contributed by atoms with E-state index in [1.165, 1.54) is 18.4 Å². The van der Waals surface area contributed by atoms with Gasteiger partial charge in [-0.2, -0.15) is 0 Å². The summed E-state index contributed by atoms with van der Waals surface area (Å²) < 4.78 is 5.89. The Morgan fingerprint density at radius 2 is 1.90 bits per heavy atom. The molecule has 0 aromatic heterocycles. The van der Waals surface area contributed by atoms with Crippen molar-refractivity contribution in [3.05, 3.63) is 28.8 Å². The highest BCUT2D eigenvalue weighted by molar-refractivity contribution is 6.33. The predicted octanol–water partition coefficient (Wildman–Crippen LogP) is 3.60. The molecule has 1 aromatic carbocycles. The van der Waals surface area contributed by atoms with Crippen LogP contribution < -0.4 is 10.2 Å². The Morgan fingerprint density at radius 1 is 1.24 bits per heavy atom. The number of benzene rings is 1. The van der Waals surface area contributed by atoms with Crippen LogP contribution in [0.4, 0.5) is 5.69 Å². The van der Waals surface area contributed by atoms with Crippen molar-refractivity contribution >= 4 is 17.3 Å². The average molecular weight is 309 g/mol. The molecule has 1 aromatic rings. The summed E-state index contributed by atoms with van der Waals surface area (Å²) in [5.74, 6) is 0. The molecule has 2 aliphatic rings. The summed E-state index contributed by atoms with van der Waals surface area (Å²) in [4.78, 5) is 2.38. The molecule has 0 aliphatic carbocycles. The molecule has 2 aliphatic heterocycles. The minimum atomic E-state index is 0.120. The minimum absolute atomic E-state index is 0.120. The smallest absolute Gasteiger partial charge is 0.0755 e. The SMILES string of the molecule is CC(C)(C)NCc1ccc(N2CC3CCC(C2)O3)c(Cl)c1. The number of nitrogens with zero attached hydrogens (tertiary/aromatic N) is 1. The van der Waals surface area contributed by atoms with Crippen LogP contribution in [0.5, 0.6) is 0 Å². The lowest BCUT2D eigenvalue weighted by atomic mass is 10.1. The molecule has 2 atom stereocenters. The summed E-state index contributed by atoms with van der Waals surface area (Å²) in [6.07, 6.45) is 3.16. The first-order chi connectivity index (χ1) is 9.90. The fourth-order valence-electron chi connectivity index (χ4n) is 3.10. The van der Waals surface area contributed by atoms with E-state index in [0.29, 0.717) is 12.2 Å². The van der Waals surface area contributed by atoms with Gasteiger partial charge in [-0.05, 0) is 51.3 Å². The van der Waals surface area contributed by atoms with Crippen molar-refractivity contribution in [2.75, 3.05) is 18.0 Å². The van der Waals surface area contributed by atoms with Crippen molar-refractivity contribution < 1.29 is 4.74 Å². The molecule has 21 heavy (non-hydrogen) atoms. The third kappa shape index (κ3) is 3.71. The first-order valence-electron chi connectivity index (χ1n) is 7.84. The summed E-state index contributed by atoms with van der Waals surface area (Å²) in [5.41, 5.74) is 2.50. The Hall–Kier alpha value is -0.770. The van der Waals surface area contributed by atoms with Gasteiger partial charge in [0.05, 0.1) is 22.9 Å². The molecule has 2 saturated heterocycles. The lowest BCUT2D eigenvalue weighted by molar-refractivity contribution is 0.0305. The van der Waals surface area contributed by atoms with E-state index in [9.17, 15) is 0 Å². The van der Waals surface area contributed by atoms with Gasteiger partial charge < -0.3 is 15.0 Å². The Kier molecular flexibility index (Phi) is 4.17. The third-order valence-corrected chi connectivity index (χ3v) is 4.52. The zero-order valence-corrected chi connectivity index (χ0v) is 13.9. The molecule has 4 heteroatoms. The number of anilines is 1. The first kappa shape index (κ1) is 15.1. The van der Waals surface area contributed by atoms with Gasteiger partial charge >= 0.3 is 0 Å². The number of hydrogen-bond donors (Lipinski definition) is 1.